The summed E-state index contributed by atoms with van der Waals surface area (Å²) < 4.78 is 56.0. The molecule has 0 saturated carbocycles. The Bertz CT molecular complexity index is 856. The maximum atomic E-state index is 13.4. The highest BCUT2D eigenvalue weighted by Gasteiger charge is 2.12. The summed E-state index contributed by atoms with van der Waals surface area (Å²) in [5.74, 6) is -2.59. The fourth-order valence-electron chi connectivity index (χ4n) is 1.80. The average molecular weight is 356 g/mol. The summed E-state index contributed by atoms with van der Waals surface area (Å²) >= 11 is 0. The monoisotopic (exact) mass is 356 g/mol. The van der Waals surface area contributed by atoms with Gasteiger partial charge in [0.05, 0.1) is 17.6 Å². The Labute approximate surface area is 137 Å². The minimum atomic E-state index is -3.52. The topological polar surface area (TPSA) is 84.5 Å². The number of sulfonamides is 1. The summed E-state index contributed by atoms with van der Waals surface area (Å²) in [6, 6.07) is 8.86. The van der Waals surface area contributed by atoms with Crippen molar-refractivity contribution in [3.63, 3.8) is 0 Å². The first kappa shape index (κ1) is 17.7. The lowest BCUT2D eigenvalue weighted by Crippen LogP contribution is -2.21. The van der Waals surface area contributed by atoms with E-state index in [2.05, 4.69) is 10.0 Å². The van der Waals surface area contributed by atoms with Crippen LogP contribution in [0.5, 0.6) is 5.75 Å². The van der Waals surface area contributed by atoms with Crippen LogP contribution in [0.4, 0.5) is 20.2 Å². The van der Waals surface area contributed by atoms with Crippen molar-refractivity contribution in [3.8, 4) is 5.75 Å². The zero-order valence-electron chi connectivity index (χ0n) is 12.5. The normalized spacial score (nSPS) is 11.0. The minimum Gasteiger partial charge on any atom is -0.481 e. The Balaban J connectivity index is 2.02. The Morgan fingerprint density at radius 2 is 1.79 bits per heavy atom. The van der Waals surface area contributed by atoms with Crippen LogP contribution >= 0.6 is 0 Å². The molecule has 0 heterocycles. The third-order valence-electron chi connectivity index (χ3n) is 2.75. The molecule has 0 aliphatic rings. The molecule has 0 unspecified atom stereocenters. The summed E-state index contributed by atoms with van der Waals surface area (Å²) in [5.41, 5.74) is 0.400. The summed E-state index contributed by atoms with van der Waals surface area (Å²) in [6.07, 6.45) is 0.978. The molecular weight excluding hydrogens is 342 g/mol. The minimum absolute atomic E-state index is 0.182. The van der Waals surface area contributed by atoms with Crippen molar-refractivity contribution >= 4 is 27.3 Å². The molecule has 9 heteroatoms. The summed E-state index contributed by atoms with van der Waals surface area (Å²) in [6.45, 7) is -0.532. The number of carbonyl (C=O) groups is 1. The second-order valence-corrected chi connectivity index (χ2v) is 6.58. The van der Waals surface area contributed by atoms with Gasteiger partial charge in [0.25, 0.3) is 5.91 Å². The average Bonchev–Trinajstić information content (AvgIpc) is 2.47. The predicted octanol–water partition coefficient (Wildman–Crippen LogP) is 2.35. The van der Waals surface area contributed by atoms with Gasteiger partial charge in [0.15, 0.2) is 18.2 Å². The molecule has 0 radical (unpaired) electrons. The third-order valence-corrected chi connectivity index (χ3v) is 3.34. The number of hydrogen-bond acceptors (Lipinski definition) is 4. The number of nitrogens with one attached hydrogen (secondary N) is 2. The van der Waals surface area contributed by atoms with Gasteiger partial charge in [-0.15, -0.1) is 0 Å². The van der Waals surface area contributed by atoms with Crippen LogP contribution in [0.2, 0.25) is 0 Å². The van der Waals surface area contributed by atoms with Crippen LogP contribution in [0.15, 0.2) is 42.5 Å². The van der Waals surface area contributed by atoms with E-state index in [0.29, 0.717) is 6.07 Å². The highest BCUT2D eigenvalue weighted by atomic mass is 32.2. The molecule has 0 saturated heterocycles. The Morgan fingerprint density at radius 1 is 1.12 bits per heavy atom. The first-order valence-electron chi connectivity index (χ1n) is 6.69. The van der Waals surface area contributed by atoms with Gasteiger partial charge in [-0.2, -0.15) is 0 Å². The van der Waals surface area contributed by atoms with E-state index in [1.807, 2.05) is 0 Å². The van der Waals surface area contributed by atoms with Crippen molar-refractivity contribution in [2.24, 2.45) is 0 Å². The van der Waals surface area contributed by atoms with E-state index in [0.717, 1.165) is 18.4 Å². The van der Waals surface area contributed by atoms with E-state index >= 15 is 0 Å². The Hall–Kier alpha value is -2.68. The number of rotatable bonds is 6. The van der Waals surface area contributed by atoms with Crippen molar-refractivity contribution in [1.82, 2.24) is 0 Å². The molecule has 1 amide bonds. The molecule has 128 valence electrons. The lowest BCUT2D eigenvalue weighted by molar-refractivity contribution is -0.118. The maximum Gasteiger partial charge on any atom is 0.262 e. The zero-order valence-corrected chi connectivity index (χ0v) is 13.4. The molecule has 6 nitrogen and oxygen atoms in total. The smallest absolute Gasteiger partial charge is 0.262 e. The van der Waals surface area contributed by atoms with Gasteiger partial charge in [-0.05, 0) is 24.3 Å². The standard InChI is InChI=1S/C15H14F2N2O4S/c1-24(21,22)19-13-5-3-2-4-12(13)18-15(20)9-23-14-7-6-10(16)8-11(14)17/h2-8,19H,9H2,1H3,(H,18,20). The van der Waals surface area contributed by atoms with Gasteiger partial charge in [-0.3, -0.25) is 9.52 Å². The van der Waals surface area contributed by atoms with E-state index in [9.17, 15) is 22.0 Å². The molecule has 0 atom stereocenters. The van der Waals surface area contributed by atoms with Gasteiger partial charge >= 0.3 is 0 Å². The van der Waals surface area contributed by atoms with Gasteiger partial charge in [0.1, 0.15) is 5.82 Å². The van der Waals surface area contributed by atoms with E-state index in [4.69, 9.17) is 4.74 Å². The zero-order chi connectivity index (χ0) is 17.7. The third kappa shape index (κ3) is 5.20. The van der Waals surface area contributed by atoms with Gasteiger partial charge in [0.2, 0.25) is 10.0 Å². The van der Waals surface area contributed by atoms with Gasteiger partial charge in [-0.25, -0.2) is 17.2 Å². The molecule has 0 aliphatic heterocycles. The summed E-state index contributed by atoms with van der Waals surface area (Å²) in [4.78, 5) is 11.9. The molecule has 0 aliphatic carbocycles. The first-order chi connectivity index (χ1) is 11.2. The largest absolute Gasteiger partial charge is 0.481 e. The van der Waals surface area contributed by atoms with E-state index in [1.54, 1.807) is 12.1 Å². The summed E-state index contributed by atoms with van der Waals surface area (Å²) in [5, 5.41) is 2.45. The highest BCUT2D eigenvalue weighted by Crippen LogP contribution is 2.22. The first-order valence-corrected chi connectivity index (χ1v) is 8.58. The second-order valence-electron chi connectivity index (χ2n) is 4.83. The van der Waals surface area contributed by atoms with Crippen LogP contribution in [-0.4, -0.2) is 27.2 Å². The van der Waals surface area contributed by atoms with Crippen molar-refractivity contribution in [1.29, 1.82) is 0 Å². The fraction of sp³-hybridized carbons (Fsp3) is 0.133. The Kier molecular flexibility index (Phi) is 5.35. The van der Waals surface area contributed by atoms with Gasteiger partial charge < -0.3 is 10.1 Å². The molecule has 0 fully saturated rings. The lowest BCUT2D eigenvalue weighted by atomic mass is 10.2. The maximum absolute atomic E-state index is 13.4. The number of hydrogen-bond donors (Lipinski definition) is 2. The number of para-hydroxylation sites is 2. The molecule has 0 aromatic heterocycles. The van der Waals surface area contributed by atoms with Crippen molar-refractivity contribution in [2.75, 3.05) is 22.9 Å². The number of ether oxygens (including phenoxy) is 1. The molecule has 24 heavy (non-hydrogen) atoms. The number of halogens is 2. The molecule has 0 spiro atoms. The fourth-order valence-corrected chi connectivity index (χ4v) is 2.38. The van der Waals surface area contributed by atoms with Crippen LogP contribution in [0.1, 0.15) is 0 Å². The summed E-state index contributed by atoms with van der Waals surface area (Å²) in [7, 11) is -3.52. The molecule has 0 bridgehead atoms. The quantitative estimate of drug-likeness (QED) is 0.832. The van der Waals surface area contributed by atoms with Crippen LogP contribution in [0.3, 0.4) is 0 Å². The molecule has 2 aromatic rings. The number of benzene rings is 2. The molecular formula is C15H14F2N2O4S. The number of anilines is 2. The molecule has 2 rings (SSSR count). The molecule has 2 N–H and O–H groups in total. The van der Waals surface area contributed by atoms with Crippen LogP contribution < -0.4 is 14.8 Å². The Morgan fingerprint density at radius 3 is 2.42 bits per heavy atom. The SMILES string of the molecule is CS(=O)(=O)Nc1ccccc1NC(=O)COc1ccc(F)cc1F. The van der Waals surface area contributed by atoms with Crippen LogP contribution in [0.25, 0.3) is 0 Å². The van der Waals surface area contributed by atoms with E-state index in [-0.39, 0.29) is 17.1 Å². The van der Waals surface area contributed by atoms with Crippen molar-refractivity contribution in [3.05, 3.63) is 54.1 Å². The van der Waals surface area contributed by atoms with Crippen LogP contribution in [0, 0.1) is 11.6 Å². The lowest BCUT2D eigenvalue weighted by Gasteiger charge is -2.12. The van der Waals surface area contributed by atoms with Gasteiger partial charge in [-0.1, -0.05) is 12.1 Å². The second kappa shape index (κ2) is 7.26. The highest BCUT2D eigenvalue weighted by molar-refractivity contribution is 7.92. The van der Waals surface area contributed by atoms with Crippen molar-refractivity contribution in [2.45, 2.75) is 0 Å². The van der Waals surface area contributed by atoms with Crippen molar-refractivity contribution < 1.29 is 26.7 Å². The van der Waals surface area contributed by atoms with E-state index in [1.165, 1.54) is 12.1 Å². The van der Waals surface area contributed by atoms with Crippen LogP contribution in [-0.2, 0) is 14.8 Å². The number of amides is 1. The van der Waals surface area contributed by atoms with E-state index < -0.39 is 34.2 Å². The number of carbonyl (C=O) groups excluding carboxylic acids is 1. The van der Waals surface area contributed by atoms with Gasteiger partial charge in [0, 0.05) is 6.07 Å². The molecule has 2 aromatic carbocycles. The predicted molar refractivity (Wildman–Crippen MR) is 85.4 cm³/mol.